The molecule has 1 saturated carbocycles. The number of carbonyl (C=O) groups is 2. The van der Waals surface area contributed by atoms with Gasteiger partial charge < -0.3 is 15.0 Å². The molecule has 2 heterocycles. The standard InChI is InChI=1S/C16H26N2O3/c1-11-13(19)18(15(2,3)14(20)17-11)10-12-6-9-16(21-12)7-4-5-8-16/h11-12H,4-10H2,1-3H3,(H,17,20). The van der Waals surface area contributed by atoms with Gasteiger partial charge in [0.25, 0.3) is 0 Å². The highest BCUT2D eigenvalue weighted by Gasteiger charge is 2.48. The molecule has 0 aromatic rings. The van der Waals surface area contributed by atoms with Crippen molar-refractivity contribution in [1.82, 2.24) is 10.2 Å². The molecule has 5 heteroatoms. The van der Waals surface area contributed by atoms with Gasteiger partial charge in [-0.25, -0.2) is 0 Å². The number of nitrogens with one attached hydrogen (secondary N) is 1. The molecule has 2 unspecified atom stereocenters. The van der Waals surface area contributed by atoms with Gasteiger partial charge in [-0.3, -0.25) is 9.59 Å². The minimum Gasteiger partial charge on any atom is -0.370 e. The number of carbonyl (C=O) groups excluding carboxylic acids is 2. The summed E-state index contributed by atoms with van der Waals surface area (Å²) in [6.45, 7) is 5.90. The molecule has 0 bridgehead atoms. The Balaban J connectivity index is 1.71. The number of hydrogen-bond donors (Lipinski definition) is 1. The van der Waals surface area contributed by atoms with Crippen LogP contribution in [0.25, 0.3) is 0 Å². The van der Waals surface area contributed by atoms with Gasteiger partial charge in [0.1, 0.15) is 11.6 Å². The number of piperazine rings is 1. The number of amides is 2. The fourth-order valence-corrected chi connectivity index (χ4v) is 4.00. The van der Waals surface area contributed by atoms with Crippen molar-refractivity contribution in [2.75, 3.05) is 6.54 Å². The van der Waals surface area contributed by atoms with Crippen molar-refractivity contribution >= 4 is 11.8 Å². The van der Waals surface area contributed by atoms with Gasteiger partial charge in [0.2, 0.25) is 11.8 Å². The van der Waals surface area contributed by atoms with Crippen LogP contribution < -0.4 is 5.32 Å². The maximum absolute atomic E-state index is 12.4. The fourth-order valence-electron chi connectivity index (χ4n) is 4.00. The molecule has 1 spiro atoms. The van der Waals surface area contributed by atoms with Crippen LogP contribution in [0.5, 0.6) is 0 Å². The summed E-state index contributed by atoms with van der Waals surface area (Å²) in [6, 6.07) is -0.438. The van der Waals surface area contributed by atoms with Gasteiger partial charge in [-0.15, -0.1) is 0 Å². The quantitative estimate of drug-likeness (QED) is 0.841. The zero-order valence-corrected chi connectivity index (χ0v) is 13.3. The number of hydrogen-bond acceptors (Lipinski definition) is 3. The Morgan fingerprint density at radius 2 is 1.90 bits per heavy atom. The van der Waals surface area contributed by atoms with E-state index in [0.717, 1.165) is 25.7 Å². The lowest BCUT2D eigenvalue weighted by atomic mass is 9.95. The van der Waals surface area contributed by atoms with Crippen molar-refractivity contribution in [1.29, 1.82) is 0 Å². The summed E-state index contributed by atoms with van der Waals surface area (Å²) in [6.07, 6.45) is 6.97. The second-order valence-corrected chi connectivity index (χ2v) is 7.37. The minimum absolute atomic E-state index is 0.00410. The molecule has 2 amide bonds. The molecule has 3 rings (SSSR count). The van der Waals surface area contributed by atoms with Gasteiger partial charge in [0.15, 0.2) is 0 Å². The Hall–Kier alpha value is -1.10. The largest absolute Gasteiger partial charge is 0.370 e. The molecule has 5 nitrogen and oxygen atoms in total. The van der Waals surface area contributed by atoms with E-state index in [9.17, 15) is 9.59 Å². The summed E-state index contributed by atoms with van der Waals surface area (Å²) in [5.74, 6) is -0.0845. The third-order valence-electron chi connectivity index (χ3n) is 5.45. The Kier molecular flexibility index (Phi) is 3.51. The molecule has 21 heavy (non-hydrogen) atoms. The van der Waals surface area contributed by atoms with E-state index in [0.29, 0.717) is 6.54 Å². The minimum atomic E-state index is -0.793. The molecule has 0 radical (unpaired) electrons. The molecule has 118 valence electrons. The van der Waals surface area contributed by atoms with Crippen LogP contribution in [0, 0.1) is 0 Å². The zero-order chi connectivity index (χ0) is 15.3. The van der Waals surface area contributed by atoms with Crippen molar-refractivity contribution in [3.05, 3.63) is 0 Å². The molecular formula is C16H26N2O3. The summed E-state index contributed by atoms with van der Waals surface area (Å²) >= 11 is 0. The van der Waals surface area contributed by atoms with E-state index in [-0.39, 0.29) is 23.5 Å². The van der Waals surface area contributed by atoms with Crippen molar-refractivity contribution in [2.24, 2.45) is 0 Å². The highest BCUT2D eigenvalue weighted by Crippen LogP contribution is 2.43. The van der Waals surface area contributed by atoms with Crippen molar-refractivity contribution in [3.63, 3.8) is 0 Å². The lowest BCUT2D eigenvalue weighted by Gasteiger charge is -2.44. The summed E-state index contributed by atoms with van der Waals surface area (Å²) in [4.78, 5) is 26.3. The topological polar surface area (TPSA) is 58.6 Å². The van der Waals surface area contributed by atoms with E-state index in [4.69, 9.17) is 4.74 Å². The Labute approximate surface area is 126 Å². The normalized spacial score (nSPS) is 34.5. The third-order valence-corrected chi connectivity index (χ3v) is 5.45. The van der Waals surface area contributed by atoms with Crippen LogP contribution >= 0.6 is 0 Å². The third kappa shape index (κ3) is 2.45. The van der Waals surface area contributed by atoms with Gasteiger partial charge in [-0.1, -0.05) is 12.8 Å². The first-order valence-corrected chi connectivity index (χ1v) is 8.14. The smallest absolute Gasteiger partial charge is 0.246 e. The second kappa shape index (κ2) is 4.97. The Morgan fingerprint density at radius 1 is 1.24 bits per heavy atom. The lowest BCUT2D eigenvalue weighted by molar-refractivity contribution is -0.158. The van der Waals surface area contributed by atoms with Gasteiger partial charge in [-0.05, 0) is 46.5 Å². The monoisotopic (exact) mass is 294 g/mol. The molecule has 1 aliphatic carbocycles. The van der Waals surface area contributed by atoms with Gasteiger partial charge in [0, 0.05) is 6.54 Å². The number of rotatable bonds is 2. The maximum atomic E-state index is 12.4. The summed E-state index contributed by atoms with van der Waals surface area (Å²) in [5, 5.41) is 2.75. The number of ether oxygens (including phenoxy) is 1. The SMILES string of the molecule is CC1NC(=O)C(C)(C)N(CC2CCC3(CCCC3)O2)C1=O. The van der Waals surface area contributed by atoms with E-state index >= 15 is 0 Å². The van der Waals surface area contributed by atoms with E-state index in [1.807, 2.05) is 13.8 Å². The van der Waals surface area contributed by atoms with Crippen LogP contribution in [0.4, 0.5) is 0 Å². The van der Waals surface area contributed by atoms with E-state index in [2.05, 4.69) is 5.32 Å². The average Bonchev–Trinajstić information content (AvgIpc) is 3.04. The molecule has 2 saturated heterocycles. The second-order valence-electron chi connectivity index (χ2n) is 7.37. The van der Waals surface area contributed by atoms with Crippen LogP contribution in [-0.4, -0.2) is 46.5 Å². The van der Waals surface area contributed by atoms with Gasteiger partial charge >= 0.3 is 0 Å². The summed E-state index contributed by atoms with van der Waals surface area (Å²) < 4.78 is 6.30. The molecule has 0 aromatic carbocycles. The zero-order valence-electron chi connectivity index (χ0n) is 13.3. The highest BCUT2D eigenvalue weighted by atomic mass is 16.5. The molecule has 1 N–H and O–H groups in total. The highest BCUT2D eigenvalue weighted by molar-refractivity contribution is 5.99. The maximum Gasteiger partial charge on any atom is 0.246 e. The summed E-state index contributed by atoms with van der Waals surface area (Å²) in [7, 11) is 0. The first kappa shape index (κ1) is 14.8. The van der Waals surface area contributed by atoms with Crippen LogP contribution in [0.15, 0.2) is 0 Å². The van der Waals surface area contributed by atoms with E-state index in [1.165, 1.54) is 12.8 Å². The number of nitrogens with zero attached hydrogens (tertiary/aromatic N) is 1. The molecule has 2 aliphatic heterocycles. The van der Waals surface area contributed by atoms with Crippen LogP contribution in [-0.2, 0) is 14.3 Å². The first-order valence-electron chi connectivity index (χ1n) is 8.14. The molecule has 2 atom stereocenters. The van der Waals surface area contributed by atoms with Gasteiger partial charge in [-0.2, -0.15) is 0 Å². The molecule has 0 aromatic heterocycles. The van der Waals surface area contributed by atoms with Crippen LogP contribution in [0.2, 0.25) is 0 Å². The average molecular weight is 294 g/mol. The van der Waals surface area contributed by atoms with E-state index in [1.54, 1.807) is 11.8 Å². The Morgan fingerprint density at radius 3 is 2.57 bits per heavy atom. The van der Waals surface area contributed by atoms with Crippen molar-refractivity contribution in [2.45, 2.75) is 82.6 Å². The van der Waals surface area contributed by atoms with Crippen LogP contribution in [0.1, 0.15) is 59.3 Å². The van der Waals surface area contributed by atoms with Crippen LogP contribution in [0.3, 0.4) is 0 Å². The fraction of sp³-hybridized carbons (Fsp3) is 0.875. The predicted octanol–water partition coefficient (Wildman–Crippen LogP) is 1.60. The van der Waals surface area contributed by atoms with E-state index < -0.39 is 11.6 Å². The Bertz CT molecular complexity index is 454. The van der Waals surface area contributed by atoms with Crippen molar-refractivity contribution < 1.29 is 14.3 Å². The molecule has 3 fully saturated rings. The lowest BCUT2D eigenvalue weighted by Crippen LogP contribution is -2.68. The predicted molar refractivity (Wildman–Crippen MR) is 78.7 cm³/mol. The molecule has 3 aliphatic rings. The van der Waals surface area contributed by atoms with Crippen molar-refractivity contribution in [3.8, 4) is 0 Å². The molecular weight excluding hydrogens is 268 g/mol. The first-order chi connectivity index (χ1) is 9.84. The van der Waals surface area contributed by atoms with Gasteiger partial charge in [0.05, 0.1) is 11.7 Å². The summed E-state index contributed by atoms with van der Waals surface area (Å²) in [5.41, 5.74) is -0.722.